The van der Waals surface area contributed by atoms with E-state index in [1.54, 1.807) is 12.3 Å². The number of Topliss-reactive ketones (excluding diaryl/α,β-unsaturated/α-hetero) is 1. The molecular formula is C26H29BrN4O2. The number of ketones is 1. The Morgan fingerprint density at radius 2 is 1.85 bits per heavy atom. The summed E-state index contributed by atoms with van der Waals surface area (Å²) in [7, 11) is 3.97. The van der Waals surface area contributed by atoms with Crippen LogP contribution in [0, 0.1) is 5.41 Å². The predicted octanol–water partition coefficient (Wildman–Crippen LogP) is 5.15. The number of nitrogens with one attached hydrogen (secondary N) is 2. The number of rotatable bonds is 4. The lowest BCUT2D eigenvalue weighted by atomic mass is 9.68. The SMILES string of the molecule is CC1=C(C(=O)Nc2ccc(Br)cn2)[C@@H](c2ccc(N(C)C)cc2)C2=C(CC(C)(C)CC2=O)N1. The minimum Gasteiger partial charge on any atom is -0.378 e. The molecule has 1 aromatic heterocycles. The van der Waals surface area contributed by atoms with Crippen LogP contribution in [0.3, 0.4) is 0 Å². The quantitative estimate of drug-likeness (QED) is 0.596. The Morgan fingerprint density at radius 3 is 2.45 bits per heavy atom. The summed E-state index contributed by atoms with van der Waals surface area (Å²) >= 11 is 3.37. The van der Waals surface area contributed by atoms with Crippen molar-refractivity contribution in [3.8, 4) is 0 Å². The molecule has 172 valence electrons. The zero-order chi connectivity index (χ0) is 23.9. The van der Waals surface area contributed by atoms with Gasteiger partial charge >= 0.3 is 0 Å². The zero-order valence-corrected chi connectivity index (χ0v) is 21.2. The lowest BCUT2D eigenvalue weighted by molar-refractivity contribution is -0.118. The second kappa shape index (κ2) is 8.78. The molecule has 4 rings (SSSR count). The second-order valence-corrected chi connectivity index (χ2v) is 10.6. The van der Waals surface area contributed by atoms with Gasteiger partial charge in [-0.1, -0.05) is 26.0 Å². The minimum absolute atomic E-state index is 0.0926. The van der Waals surface area contributed by atoms with E-state index < -0.39 is 5.92 Å². The molecule has 0 fully saturated rings. The number of dihydropyridines is 1. The first-order chi connectivity index (χ1) is 15.6. The van der Waals surface area contributed by atoms with E-state index in [1.165, 1.54) is 0 Å². The Balaban J connectivity index is 1.79. The van der Waals surface area contributed by atoms with Gasteiger partial charge in [-0.2, -0.15) is 0 Å². The van der Waals surface area contributed by atoms with Crippen molar-refractivity contribution in [3.05, 3.63) is 75.2 Å². The number of pyridine rings is 1. The number of allylic oxidation sites excluding steroid dienone is 3. The third-order valence-electron chi connectivity index (χ3n) is 6.20. The van der Waals surface area contributed by atoms with Crippen molar-refractivity contribution in [2.45, 2.75) is 39.5 Å². The predicted molar refractivity (Wildman–Crippen MR) is 135 cm³/mol. The second-order valence-electron chi connectivity index (χ2n) is 9.73. The van der Waals surface area contributed by atoms with Crippen LogP contribution in [-0.4, -0.2) is 30.8 Å². The van der Waals surface area contributed by atoms with Crippen LogP contribution in [0.4, 0.5) is 11.5 Å². The molecule has 1 aliphatic heterocycles. The molecule has 1 amide bonds. The molecule has 1 aliphatic carbocycles. The van der Waals surface area contributed by atoms with Gasteiger partial charge in [0, 0.05) is 65.3 Å². The highest BCUT2D eigenvalue weighted by Crippen LogP contribution is 2.46. The van der Waals surface area contributed by atoms with Gasteiger partial charge in [0.05, 0.1) is 0 Å². The van der Waals surface area contributed by atoms with Gasteiger partial charge < -0.3 is 15.5 Å². The van der Waals surface area contributed by atoms with Crippen LogP contribution >= 0.6 is 15.9 Å². The van der Waals surface area contributed by atoms with E-state index in [0.29, 0.717) is 23.4 Å². The molecule has 1 aromatic carbocycles. The Hall–Kier alpha value is -2.93. The summed E-state index contributed by atoms with van der Waals surface area (Å²) < 4.78 is 0.833. The molecule has 7 heteroatoms. The highest BCUT2D eigenvalue weighted by atomic mass is 79.9. The molecule has 0 bridgehead atoms. The fourth-order valence-electron chi connectivity index (χ4n) is 4.67. The summed E-state index contributed by atoms with van der Waals surface area (Å²) in [5.74, 6) is -0.145. The summed E-state index contributed by atoms with van der Waals surface area (Å²) in [6, 6.07) is 11.6. The molecular weight excluding hydrogens is 480 g/mol. The van der Waals surface area contributed by atoms with Crippen molar-refractivity contribution in [2.24, 2.45) is 5.41 Å². The average Bonchev–Trinajstić information content (AvgIpc) is 2.73. The largest absolute Gasteiger partial charge is 0.378 e. The average molecular weight is 509 g/mol. The van der Waals surface area contributed by atoms with Gasteiger partial charge in [-0.15, -0.1) is 0 Å². The van der Waals surface area contributed by atoms with Crippen molar-refractivity contribution in [1.29, 1.82) is 0 Å². The molecule has 2 heterocycles. The zero-order valence-electron chi connectivity index (χ0n) is 19.6. The number of nitrogens with zero attached hydrogens (tertiary/aromatic N) is 2. The van der Waals surface area contributed by atoms with Crippen LogP contribution in [-0.2, 0) is 9.59 Å². The maximum absolute atomic E-state index is 13.5. The number of halogens is 1. The molecule has 2 aliphatic rings. The van der Waals surface area contributed by atoms with Gasteiger partial charge in [0.15, 0.2) is 5.78 Å². The van der Waals surface area contributed by atoms with E-state index in [0.717, 1.165) is 33.5 Å². The molecule has 2 N–H and O–H groups in total. The number of hydrogen-bond donors (Lipinski definition) is 2. The topological polar surface area (TPSA) is 74.3 Å². The van der Waals surface area contributed by atoms with Gasteiger partial charge in [-0.25, -0.2) is 4.98 Å². The summed E-state index contributed by atoms with van der Waals surface area (Å²) in [6.07, 6.45) is 2.86. The highest BCUT2D eigenvalue weighted by molar-refractivity contribution is 9.10. The number of benzene rings is 1. The van der Waals surface area contributed by atoms with E-state index in [4.69, 9.17) is 0 Å². The monoisotopic (exact) mass is 508 g/mol. The first-order valence-corrected chi connectivity index (χ1v) is 11.8. The van der Waals surface area contributed by atoms with E-state index in [-0.39, 0.29) is 17.1 Å². The minimum atomic E-state index is -0.434. The summed E-state index contributed by atoms with van der Waals surface area (Å²) in [5.41, 5.74) is 4.79. The maximum atomic E-state index is 13.5. The van der Waals surface area contributed by atoms with Gasteiger partial charge in [0.25, 0.3) is 5.91 Å². The first-order valence-electron chi connectivity index (χ1n) is 11.0. The number of carbonyl (C=O) groups excluding carboxylic acids is 2. The maximum Gasteiger partial charge on any atom is 0.255 e. The number of anilines is 2. The smallest absolute Gasteiger partial charge is 0.255 e. The molecule has 33 heavy (non-hydrogen) atoms. The fourth-order valence-corrected chi connectivity index (χ4v) is 4.90. The Kier molecular flexibility index (Phi) is 6.18. The van der Waals surface area contributed by atoms with Crippen LogP contribution in [0.25, 0.3) is 0 Å². The Morgan fingerprint density at radius 1 is 1.15 bits per heavy atom. The molecule has 0 radical (unpaired) electrons. The molecule has 6 nitrogen and oxygen atoms in total. The lowest BCUT2D eigenvalue weighted by Crippen LogP contribution is -2.39. The van der Waals surface area contributed by atoms with Crippen molar-refractivity contribution in [1.82, 2.24) is 10.3 Å². The normalized spacial score (nSPS) is 19.7. The number of hydrogen-bond acceptors (Lipinski definition) is 5. The van der Waals surface area contributed by atoms with E-state index in [1.807, 2.05) is 56.3 Å². The molecule has 2 aromatic rings. The molecule has 0 spiro atoms. The van der Waals surface area contributed by atoms with Gasteiger partial charge in [-0.05, 0) is 64.5 Å². The Labute approximate surface area is 203 Å². The molecule has 1 atom stereocenters. The van der Waals surface area contributed by atoms with Crippen LogP contribution < -0.4 is 15.5 Å². The van der Waals surface area contributed by atoms with Crippen molar-refractivity contribution < 1.29 is 9.59 Å². The van der Waals surface area contributed by atoms with E-state index in [9.17, 15) is 9.59 Å². The molecule has 0 unspecified atom stereocenters. The standard InChI is InChI=1S/C26H29BrN4O2/c1-15-22(25(33)30-21-11-8-17(27)14-28-21)23(16-6-9-18(10-7-16)31(4)5)24-19(29-15)12-26(2,3)13-20(24)32/h6-11,14,23,29H,12-13H2,1-5H3,(H,28,30,33)/t23-/m1/s1. The summed E-state index contributed by atoms with van der Waals surface area (Å²) in [5, 5.41) is 6.32. The summed E-state index contributed by atoms with van der Waals surface area (Å²) in [4.78, 5) is 33.2. The highest BCUT2D eigenvalue weighted by Gasteiger charge is 2.42. The number of amides is 1. The van der Waals surface area contributed by atoms with Crippen LogP contribution in [0.5, 0.6) is 0 Å². The van der Waals surface area contributed by atoms with Crippen molar-refractivity contribution >= 4 is 39.1 Å². The fraction of sp³-hybridized carbons (Fsp3) is 0.346. The van der Waals surface area contributed by atoms with E-state index >= 15 is 0 Å². The number of aromatic nitrogens is 1. The Bertz CT molecular complexity index is 1160. The van der Waals surface area contributed by atoms with Crippen LogP contribution in [0.15, 0.2) is 69.6 Å². The van der Waals surface area contributed by atoms with Crippen LogP contribution in [0.2, 0.25) is 0 Å². The molecule has 0 saturated carbocycles. The van der Waals surface area contributed by atoms with Crippen LogP contribution in [0.1, 0.15) is 45.1 Å². The lowest BCUT2D eigenvalue weighted by Gasteiger charge is -2.39. The first kappa shape index (κ1) is 23.2. The third-order valence-corrected chi connectivity index (χ3v) is 6.67. The van der Waals surface area contributed by atoms with Crippen molar-refractivity contribution in [3.63, 3.8) is 0 Å². The molecule has 0 saturated heterocycles. The van der Waals surface area contributed by atoms with Gasteiger partial charge in [0.2, 0.25) is 0 Å². The van der Waals surface area contributed by atoms with E-state index in [2.05, 4.69) is 45.4 Å². The van der Waals surface area contributed by atoms with Crippen molar-refractivity contribution in [2.75, 3.05) is 24.3 Å². The third kappa shape index (κ3) is 4.74. The van der Waals surface area contributed by atoms with Gasteiger partial charge in [0.1, 0.15) is 5.82 Å². The van der Waals surface area contributed by atoms with Gasteiger partial charge in [-0.3, -0.25) is 9.59 Å². The summed E-state index contributed by atoms with van der Waals surface area (Å²) in [6.45, 7) is 6.12. The number of carbonyl (C=O) groups is 2.